The minimum Gasteiger partial charge on any atom is -0.329 e. The molecule has 2 nitrogen and oxygen atoms in total. The minimum atomic E-state index is -0.272. The summed E-state index contributed by atoms with van der Waals surface area (Å²) in [6, 6.07) is 5.62. The van der Waals surface area contributed by atoms with Gasteiger partial charge >= 0.3 is 0 Å². The van der Waals surface area contributed by atoms with Gasteiger partial charge in [-0.25, -0.2) is 4.39 Å². The van der Waals surface area contributed by atoms with E-state index in [9.17, 15) is 4.39 Å². The van der Waals surface area contributed by atoms with Crippen molar-refractivity contribution in [3.8, 4) is 0 Å². The molecule has 1 aromatic rings. The molecule has 0 radical (unpaired) electrons. The van der Waals surface area contributed by atoms with Gasteiger partial charge in [-0.2, -0.15) is 0 Å². The smallest absolute Gasteiger partial charge is 0.125 e. The quantitative estimate of drug-likeness (QED) is 0.914. The first kappa shape index (κ1) is 13.8. The summed E-state index contributed by atoms with van der Waals surface area (Å²) >= 11 is 5.89. The molecular weight excluding hydrogens is 251 g/mol. The lowest BCUT2D eigenvalue weighted by Gasteiger charge is -2.40. The molecule has 0 spiro atoms. The zero-order valence-electron chi connectivity index (χ0n) is 10.7. The van der Waals surface area contributed by atoms with Crippen LogP contribution in [0.25, 0.3) is 0 Å². The maximum absolute atomic E-state index is 13.3. The van der Waals surface area contributed by atoms with Crippen LogP contribution in [0.5, 0.6) is 0 Å². The highest BCUT2D eigenvalue weighted by molar-refractivity contribution is 6.30. The van der Waals surface area contributed by atoms with E-state index in [1.54, 1.807) is 6.07 Å². The third kappa shape index (κ3) is 3.22. The number of benzene rings is 1. The number of nitrogens with two attached hydrogens (primary N) is 1. The number of rotatable bonds is 3. The second kappa shape index (κ2) is 6.00. The summed E-state index contributed by atoms with van der Waals surface area (Å²) in [7, 11) is 0. The molecule has 2 N–H and O–H groups in total. The summed E-state index contributed by atoms with van der Waals surface area (Å²) in [5, 5.41) is 0.457. The van der Waals surface area contributed by atoms with Gasteiger partial charge in [0.15, 0.2) is 0 Å². The lowest BCUT2D eigenvalue weighted by Crippen LogP contribution is -2.48. The molecule has 1 fully saturated rings. The molecule has 1 aromatic carbocycles. The van der Waals surface area contributed by atoms with Crippen molar-refractivity contribution < 1.29 is 4.39 Å². The number of likely N-dealkylation sites (tertiary alicyclic amines) is 1. The Balaban J connectivity index is 2.14. The van der Waals surface area contributed by atoms with Crippen LogP contribution in [-0.2, 0) is 6.54 Å². The van der Waals surface area contributed by atoms with Crippen LogP contribution in [0.1, 0.15) is 31.7 Å². The predicted octanol–water partition coefficient (Wildman–Crippen LogP) is 3.18. The first-order valence-electron chi connectivity index (χ1n) is 6.51. The summed E-state index contributed by atoms with van der Waals surface area (Å²) in [5.74, 6) is -0.272. The lowest BCUT2D eigenvalue weighted by molar-refractivity contribution is 0.0891. The third-order valence-electron chi connectivity index (χ3n) is 3.75. The van der Waals surface area contributed by atoms with E-state index in [-0.39, 0.29) is 5.82 Å². The summed E-state index contributed by atoms with van der Waals surface area (Å²) in [5.41, 5.74) is 6.75. The van der Waals surface area contributed by atoms with Gasteiger partial charge in [0.25, 0.3) is 0 Å². The van der Waals surface area contributed by atoms with Crippen molar-refractivity contribution in [2.24, 2.45) is 5.73 Å². The molecule has 1 aliphatic rings. The summed E-state index contributed by atoms with van der Waals surface area (Å²) in [4.78, 5) is 2.37. The van der Waals surface area contributed by atoms with Gasteiger partial charge in [0.2, 0.25) is 0 Å². The molecule has 1 aliphatic heterocycles. The Hall–Kier alpha value is -0.640. The van der Waals surface area contributed by atoms with E-state index in [1.165, 1.54) is 18.9 Å². The fraction of sp³-hybridized carbons (Fsp3) is 0.571. The van der Waals surface area contributed by atoms with Crippen LogP contribution in [0.4, 0.5) is 4.39 Å². The van der Waals surface area contributed by atoms with Gasteiger partial charge in [0.1, 0.15) is 5.82 Å². The molecular formula is C14H20ClFN2. The first-order chi connectivity index (χ1) is 8.60. The Kier molecular flexibility index (Phi) is 4.60. The second-order valence-electron chi connectivity index (χ2n) is 5.12. The van der Waals surface area contributed by atoms with Crippen molar-refractivity contribution >= 4 is 11.6 Å². The maximum Gasteiger partial charge on any atom is 0.125 e. The Morgan fingerprint density at radius 2 is 2.17 bits per heavy atom. The molecule has 1 saturated heterocycles. The van der Waals surface area contributed by atoms with Crippen LogP contribution < -0.4 is 5.73 Å². The fourth-order valence-corrected chi connectivity index (χ4v) is 3.04. The molecule has 100 valence electrons. The average molecular weight is 271 g/mol. The molecule has 4 heteroatoms. The van der Waals surface area contributed by atoms with Gasteiger partial charge in [-0.05, 0) is 43.5 Å². The van der Waals surface area contributed by atoms with Gasteiger partial charge in [-0.15, -0.1) is 0 Å². The number of nitrogens with zero attached hydrogens (tertiary/aromatic N) is 1. The first-order valence-corrected chi connectivity index (χ1v) is 6.88. The van der Waals surface area contributed by atoms with Crippen LogP contribution >= 0.6 is 11.6 Å². The molecule has 0 aliphatic carbocycles. The van der Waals surface area contributed by atoms with Gasteiger partial charge < -0.3 is 5.73 Å². The van der Waals surface area contributed by atoms with Gasteiger partial charge in [0, 0.05) is 30.2 Å². The summed E-state index contributed by atoms with van der Waals surface area (Å²) in [6.07, 6.45) is 3.53. The second-order valence-corrected chi connectivity index (χ2v) is 5.56. The van der Waals surface area contributed by atoms with Crippen molar-refractivity contribution in [2.45, 2.75) is 44.8 Å². The molecule has 0 saturated carbocycles. The zero-order chi connectivity index (χ0) is 13.1. The van der Waals surface area contributed by atoms with E-state index < -0.39 is 0 Å². The van der Waals surface area contributed by atoms with Gasteiger partial charge in [-0.3, -0.25) is 4.90 Å². The zero-order valence-corrected chi connectivity index (χ0v) is 11.5. The molecule has 0 amide bonds. The van der Waals surface area contributed by atoms with E-state index >= 15 is 0 Å². The van der Waals surface area contributed by atoms with Crippen LogP contribution in [-0.4, -0.2) is 23.5 Å². The Labute approximate surface area is 113 Å². The topological polar surface area (TPSA) is 29.3 Å². The number of halogens is 2. The fourth-order valence-electron chi connectivity index (χ4n) is 2.79. The highest BCUT2D eigenvalue weighted by Gasteiger charge is 2.26. The van der Waals surface area contributed by atoms with E-state index in [2.05, 4.69) is 11.8 Å². The molecule has 2 rings (SSSR count). The highest BCUT2D eigenvalue weighted by atomic mass is 35.5. The molecule has 0 aromatic heterocycles. The standard InChI is InChI=1S/C14H20ClFN2/c1-10-3-2-4-14(8-17)18(10)9-11-5-12(15)7-13(16)6-11/h5-7,10,14H,2-4,8-9,17H2,1H3. The van der Waals surface area contributed by atoms with Crippen LogP contribution in [0.3, 0.4) is 0 Å². The molecule has 18 heavy (non-hydrogen) atoms. The number of hydrogen-bond donors (Lipinski definition) is 1. The van der Waals surface area contributed by atoms with Crippen molar-refractivity contribution in [2.75, 3.05) is 6.54 Å². The van der Waals surface area contributed by atoms with Gasteiger partial charge in [-0.1, -0.05) is 18.0 Å². The van der Waals surface area contributed by atoms with Crippen LogP contribution in [0.2, 0.25) is 5.02 Å². The molecule has 2 unspecified atom stereocenters. The predicted molar refractivity (Wildman–Crippen MR) is 73.1 cm³/mol. The summed E-state index contributed by atoms with van der Waals surface area (Å²) in [6.45, 7) is 3.59. The Morgan fingerprint density at radius 3 is 2.83 bits per heavy atom. The SMILES string of the molecule is CC1CCCC(CN)N1Cc1cc(F)cc(Cl)c1. The van der Waals surface area contributed by atoms with E-state index in [0.717, 1.165) is 18.5 Å². The van der Waals surface area contributed by atoms with Crippen LogP contribution in [0.15, 0.2) is 18.2 Å². The lowest BCUT2D eigenvalue weighted by atomic mass is 9.95. The minimum absolute atomic E-state index is 0.272. The van der Waals surface area contributed by atoms with E-state index in [1.807, 2.05) is 6.07 Å². The Bertz CT molecular complexity index is 391. The number of piperidine rings is 1. The number of hydrogen-bond acceptors (Lipinski definition) is 2. The monoisotopic (exact) mass is 270 g/mol. The molecule has 0 bridgehead atoms. The highest BCUT2D eigenvalue weighted by Crippen LogP contribution is 2.25. The largest absolute Gasteiger partial charge is 0.329 e. The van der Waals surface area contributed by atoms with E-state index in [0.29, 0.717) is 23.7 Å². The molecule has 1 heterocycles. The normalized spacial score (nSPS) is 25.3. The average Bonchev–Trinajstić information content (AvgIpc) is 2.30. The van der Waals surface area contributed by atoms with Crippen molar-refractivity contribution in [1.82, 2.24) is 4.90 Å². The van der Waals surface area contributed by atoms with Gasteiger partial charge in [0.05, 0.1) is 0 Å². The molecule has 2 atom stereocenters. The van der Waals surface area contributed by atoms with E-state index in [4.69, 9.17) is 17.3 Å². The van der Waals surface area contributed by atoms with Crippen molar-refractivity contribution in [1.29, 1.82) is 0 Å². The Morgan fingerprint density at radius 1 is 1.39 bits per heavy atom. The maximum atomic E-state index is 13.3. The van der Waals surface area contributed by atoms with Crippen molar-refractivity contribution in [3.63, 3.8) is 0 Å². The van der Waals surface area contributed by atoms with Crippen molar-refractivity contribution in [3.05, 3.63) is 34.6 Å². The third-order valence-corrected chi connectivity index (χ3v) is 3.97. The summed E-state index contributed by atoms with van der Waals surface area (Å²) < 4.78 is 13.3. The van der Waals surface area contributed by atoms with Crippen LogP contribution in [0, 0.1) is 5.82 Å².